The van der Waals surface area contributed by atoms with Crippen molar-refractivity contribution in [3.63, 3.8) is 0 Å². The van der Waals surface area contributed by atoms with E-state index in [1.807, 2.05) is 37.5 Å². The van der Waals surface area contributed by atoms with Crippen molar-refractivity contribution in [2.45, 2.75) is 30.8 Å². The maximum absolute atomic E-state index is 13.6. The molecular weight excluding hydrogens is 379 g/mol. The van der Waals surface area contributed by atoms with Crippen LogP contribution in [0.1, 0.15) is 31.5 Å². The van der Waals surface area contributed by atoms with E-state index in [4.69, 9.17) is 0 Å². The highest BCUT2D eigenvalue weighted by Crippen LogP contribution is 2.23. The molecule has 0 aliphatic carbocycles. The molecule has 6 nitrogen and oxygen atoms in total. The number of nitrogens with one attached hydrogen (secondary N) is 1. The first-order valence-corrected chi connectivity index (χ1v) is 10.6. The average molecular weight is 405 g/mol. The van der Waals surface area contributed by atoms with Crippen LogP contribution in [0.5, 0.6) is 0 Å². The van der Waals surface area contributed by atoms with Gasteiger partial charge in [-0.3, -0.25) is 4.68 Å². The molecule has 8 heteroatoms. The Labute approximate surface area is 165 Å². The van der Waals surface area contributed by atoms with Gasteiger partial charge < -0.3 is 4.90 Å². The molecule has 3 aromatic rings. The number of benzene rings is 2. The molecule has 1 unspecified atom stereocenters. The van der Waals surface area contributed by atoms with Crippen LogP contribution in [0.4, 0.5) is 4.39 Å². The maximum atomic E-state index is 13.6. The molecule has 0 radical (unpaired) electrons. The van der Waals surface area contributed by atoms with Crippen molar-refractivity contribution in [1.29, 1.82) is 0 Å². The number of hydrogen-bond acceptors (Lipinski definition) is 4. The third kappa shape index (κ3) is 4.24. The SMILES string of the molecule is CC(C)n1ncc2cc(S(=O)(=O)NCC(c3cccc(F)c3)N(C)C)ccc21. The van der Waals surface area contributed by atoms with Gasteiger partial charge in [-0.15, -0.1) is 0 Å². The second kappa shape index (κ2) is 7.98. The molecule has 1 N–H and O–H groups in total. The number of aromatic nitrogens is 2. The lowest BCUT2D eigenvalue weighted by Gasteiger charge is -2.25. The van der Waals surface area contributed by atoms with E-state index in [9.17, 15) is 12.8 Å². The van der Waals surface area contributed by atoms with Gasteiger partial charge in [0.25, 0.3) is 0 Å². The molecule has 150 valence electrons. The summed E-state index contributed by atoms with van der Waals surface area (Å²) in [5.41, 5.74) is 1.60. The van der Waals surface area contributed by atoms with Crippen LogP contribution in [-0.4, -0.2) is 43.7 Å². The largest absolute Gasteiger partial charge is 0.301 e. The lowest BCUT2D eigenvalue weighted by atomic mass is 10.1. The molecule has 0 aliphatic rings. The van der Waals surface area contributed by atoms with Crippen molar-refractivity contribution in [2.24, 2.45) is 0 Å². The van der Waals surface area contributed by atoms with Gasteiger partial charge in [-0.1, -0.05) is 12.1 Å². The van der Waals surface area contributed by atoms with Gasteiger partial charge in [-0.25, -0.2) is 17.5 Å². The van der Waals surface area contributed by atoms with E-state index < -0.39 is 10.0 Å². The van der Waals surface area contributed by atoms with Crippen LogP contribution in [-0.2, 0) is 10.0 Å². The van der Waals surface area contributed by atoms with Crippen molar-refractivity contribution < 1.29 is 12.8 Å². The van der Waals surface area contributed by atoms with Crippen molar-refractivity contribution >= 4 is 20.9 Å². The van der Waals surface area contributed by atoms with Crippen molar-refractivity contribution in [1.82, 2.24) is 19.4 Å². The summed E-state index contributed by atoms with van der Waals surface area (Å²) < 4.78 is 43.7. The molecule has 0 saturated carbocycles. The first kappa shape index (κ1) is 20.4. The molecule has 0 saturated heterocycles. The van der Waals surface area contributed by atoms with Crippen LogP contribution in [0.25, 0.3) is 10.9 Å². The van der Waals surface area contributed by atoms with Crippen LogP contribution in [0.3, 0.4) is 0 Å². The molecule has 0 bridgehead atoms. The van der Waals surface area contributed by atoms with Crippen LogP contribution in [0, 0.1) is 5.82 Å². The summed E-state index contributed by atoms with van der Waals surface area (Å²) in [5.74, 6) is -0.347. The van der Waals surface area contributed by atoms with Gasteiger partial charge in [-0.2, -0.15) is 5.10 Å². The predicted octanol–water partition coefficient (Wildman–Crippen LogP) is 3.34. The van der Waals surface area contributed by atoms with Gasteiger partial charge in [0.2, 0.25) is 10.0 Å². The third-order valence-electron chi connectivity index (χ3n) is 4.69. The van der Waals surface area contributed by atoms with E-state index in [2.05, 4.69) is 9.82 Å². The quantitative estimate of drug-likeness (QED) is 0.656. The number of halogens is 1. The number of nitrogens with zero attached hydrogens (tertiary/aromatic N) is 3. The number of fused-ring (bicyclic) bond motifs is 1. The summed E-state index contributed by atoms with van der Waals surface area (Å²) in [6.45, 7) is 4.17. The second-order valence-corrected chi connectivity index (χ2v) is 9.06. The molecule has 1 aromatic heterocycles. The average Bonchev–Trinajstić information content (AvgIpc) is 3.05. The molecule has 1 atom stereocenters. The van der Waals surface area contributed by atoms with E-state index in [1.165, 1.54) is 12.1 Å². The zero-order valence-electron chi connectivity index (χ0n) is 16.4. The summed E-state index contributed by atoms with van der Waals surface area (Å²) >= 11 is 0. The Hall–Kier alpha value is -2.29. The highest BCUT2D eigenvalue weighted by atomic mass is 32.2. The van der Waals surface area contributed by atoms with Crippen molar-refractivity contribution in [3.05, 3.63) is 60.0 Å². The Morgan fingerprint density at radius 1 is 1.18 bits per heavy atom. The van der Waals surface area contributed by atoms with Crippen molar-refractivity contribution in [3.8, 4) is 0 Å². The third-order valence-corrected chi connectivity index (χ3v) is 6.11. The van der Waals surface area contributed by atoms with Crippen molar-refractivity contribution in [2.75, 3.05) is 20.6 Å². The lowest BCUT2D eigenvalue weighted by Crippen LogP contribution is -2.34. The number of likely N-dealkylation sites (N-methyl/N-ethyl adjacent to an activating group) is 1. The topological polar surface area (TPSA) is 67.2 Å². The van der Waals surface area contributed by atoms with E-state index in [0.717, 1.165) is 10.9 Å². The Morgan fingerprint density at radius 2 is 1.93 bits per heavy atom. The Kier molecular flexibility index (Phi) is 5.83. The van der Waals surface area contributed by atoms with Gasteiger partial charge >= 0.3 is 0 Å². The summed E-state index contributed by atoms with van der Waals surface area (Å²) in [5, 5.41) is 5.09. The van der Waals surface area contributed by atoms with Gasteiger partial charge in [0.15, 0.2) is 0 Å². The smallest absolute Gasteiger partial charge is 0.240 e. The van der Waals surface area contributed by atoms with E-state index in [0.29, 0.717) is 5.56 Å². The first-order valence-electron chi connectivity index (χ1n) is 9.08. The first-order chi connectivity index (χ1) is 13.2. The van der Waals surface area contributed by atoms with Crippen LogP contribution >= 0.6 is 0 Å². The predicted molar refractivity (Wildman–Crippen MR) is 108 cm³/mol. The van der Waals surface area contributed by atoms with Gasteiger partial charge in [0, 0.05) is 24.0 Å². The Bertz CT molecular complexity index is 1080. The van der Waals surface area contributed by atoms with Gasteiger partial charge in [-0.05, 0) is 63.8 Å². The fraction of sp³-hybridized carbons (Fsp3) is 0.350. The molecule has 2 aromatic carbocycles. The van der Waals surface area contributed by atoms with Crippen LogP contribution in [0.2, 0.25) is 0 Å². The fourth-order valence-electron chi connectivity index (χ4n) is 3.19. The zero-order valence-corrected chi connectivity index (χ0v) is 17.2. The maximum Gasteiger partial charge on any atom is 0.240 e. The Morgan fingerprint density at radius 3 is 2.57 bits per heavy atom. The van der Waals surface area contributed by atoms with Gasteiger partial charge in [0.05, 0.1) is 16.6 Å². The molecule has 1 heterocycles. The van der Waals surface area contributed by atoms with E-state index in [1.54, 1.807) is 36.5 Å². The summed E-state index contributed by atoms with van der Waals surface area (Å²) in [6, 6.07) is 11.1. The number of hydrogen-bond donors (Lipinski definition) is 1. The molecule has 0 amide bonds. The lowest BCUT2D eigenvalue weighted by molar-refractivity contribution is 0.299. The van der Waals surface area contributed by atoms with Gasteiger partial charge in [0.1, 0.15) is 5.82 Å². The molecule has 3 rings (SSSR count). The Balaban J connectivity index is 1.83. The molecule has 0 spiro atoms. The molecule has 28 heavy (non-hydrogen) atoms. The highest BCUT2D eigenvalue weighted by molar-refractivity contribution is 7.89. The standard InChI is InChI=1S/C20H25FN4O2S/c1-14(2)25-19-9-8-18(11-16(19)12-22-25)28(26,27)23-13-20(24(3)4)15-6-5-7-17(21)10-15/h5-12,14,20,23H,13H2,1-4H3. The monoisotopic (exact) mass is 404 g/mol. The van der Waals surface area contributed by atoms with Crippen LogP contribution in [0.15, 0.2) is 53.6 Å². The summed E-state index contributed by atoms with van der Waals surface area (Å²) in [7, 11) is -0.0577. The highest BCUT2D eigenvalue weighted by Gasteiger charge is 2.21. The molecule has 0 aliphatic heterocycles. The minimum Gasteiger partial charge on any atom is -0.301 e. The fourth-order valence-corrected chi connectivity index (χ4v) is 4.27. The van der Waals surface area contributed by atoms with E-state index in [-0.39, 0.29) is 29.3 Å². The number of rotatable bonds is 7. The zero-order chi connectivity index (χ0) is 20.5. The summed E-state index contributed by atoms with van der Waals surface area (Å²) in [6.07, 6.45) is 1.67. The number of sulfonamides is 1. The minimum atomic E-state index is -3.72. The second-order valence-electron chi connectivity index (χ2n) is 7.29. The van der Waals surface area contributed by atoms with E-state index >= 15 is 0 Å². The summed E-state index contributed by atoms with van der Waals surface area (Å²) in [4.78, 5) is 2.03. The minimum absolute atomic E-state index is 0.127. The normalized spacial score (nSPS) is 13.5. The van der Waals surface area contributed by atoms with Crippen LogP contribution < -0.4 is 4.72 Å². The molecule has 0 fully saturated rings. The molecular formula is C20H25FN4O2S.